The number of phenolic OH excluding ortho intramolecular Hbond substituents is 1. The molecule has 0 radical (unpaired) electrons. The number of phenols is 1. The number of hydrogen-bond donors (Lipinski definition) is 4. The van der Waals surface area contributed by atoms with Gasteiger partial charge in [-0.15, -0.1) is 0 Å². The highest BCUT2D eigenvalue weighted by Crippen LogP contribution is 2.41. The van der Waals surface area contributed by atoms with Crippen molar-refractivity contribution in [3.8, 4) is 11.5 Å². The zero-order valence-corrected chi connectivity index (χ0v) is 24.5. The Morgan fingerprint density at radius 2 is 1.93 bits per heavy atom. The van der Waals surface area contributed by atoms with E-state index in [-0.39, 0.29) is 65.6 Å². The highest BCUT2D eigenvalue weighted by molar-refractivity contribution is 6.08. The zero-order valence-electron chi connectivity index (χ0n) is 24.5. The topological polar surface area (TPSA) is 152 Å². The first-order chi connectivity index (χ1) is 19.8. The molecular formula is C30H37FN4O7. The number of carboxylic acid groups (broad SMARTS) is 1. The third-order valence-corrected chi connectivity index (χ3v) is 7.49. The summed E-state index contributed by atoms with van der Waals surface area (Å²) in [6, 6.07) is 4.65. The van der Waals surface area contributed by atoms with Crippen molar-refractivity contribution >= 4 is 29.2 Å². The number of nitrogens with zero attached hydrogens (tertiary/aromatic N) is 2. The average Bonchev–Trinajstić information content (AvgIpc) is 3.52. The summed E-state index contributed by atoms with van der Waals surface area (Å²) < 4.78 is 26.4. The minimum atomic E-state index is -1.06. The predicted octanol–water partition coefficient (Wildman–Crippen LogP) is 3.29. The van der Waals surface area contributed by atoms with E-state index in [1.807, 2.05) is 25.7 Å². The molecule has 42 heavy (non-hydrogen) atoms. The number of Topliss-reactive ketones (excluding diaryl/α,β-unsaturated/α-hetero) is 1. The summed E-state index contributed by atoms with van der Waals surface area (Å²) in [6.07, 6.45) is 0.226. The highest BCUT2D eigenvalue weighted by Gasteiger charge is 2.35. The molecule has 0 spiro atoms. The molecule has 0 aliphatic carbocycles. The summed E-state index contributed by atoms with van der Waals surface area (Å²) in [5.74, 6) is -2.92. The van der Waals surface area contributed by atoms with Crippen LogP contribution in [-0.4, -0.2) is 84.6 Å². The van der Waals surface area contributed by atoms with Crippen LogP contribution in [0, 0.1) is 11.2 Å². The van der Waals surface area contributed by atoms with Crippen LogP contribution in [0.15, 0.2) is 18.2 Å². The first-order valence-electron chi connectivity index (χ1n) is 13.8. The number of fused-ring (bicyclic) bond motifs is 1. The molecule has 12 heteroatoms. The van der Waals surface area contributed by atoms with Crippen LogP contribution in [0.3, 0.4) is 0 Å². The second-order valence-corrected chi connectivity index (χ2v) is 11.4. The molecule has 2 aliphatic rings. The van der Waals surface area contributed by atoms with Gasteiger partial charge in [-0.05, 0) is 37.0 Å². The molecule has 0 bridgehead atoms. The number of rotatable bonds is 10. The number of hydrogen-bond acceptors (Lipinski definition) is 8. The molecule has 1 atom stereocenters. The minimum absolute atomic E-state index is 0.0252. The van der Waals surface area contributed by atoms with Gasteiger partial charge >= 0.3 is 5.97 Å². The Labute approximate surface area is 243 Å². The van der Waals surface area contributed by atoms with Crippen molar-refractivity contribution in [2.75, 3.05) is 44.8 Å². The van der Waals surface area contributed by atoms with Crippen molar-refractivity contribution in [2.24, 2.45) is 0 Å². The van der Waals surface area contributed by atoms with Crippen LogP contribution < -0.4 is 15.0 Å². The molecule has 4 N–H and O–H groups in total. The van der Waals surface area contributed by atoms with Gasteiger partial charge in [0.2, 0.25) is 0 Å². The van der Waals surface area contributed by atoms with Gasteiger partial charge in [0.05, 0.1) is 30.5 Å². The molecule has 1 unspecified atom stereocenters. The van der Waals surface area contributed by atoms with Crippen LogP contribution in [0.5, 0.6) is 11.5 Å². The summed E-state index contributed by atoms with van der Waals surface area (Å²) in [6.45, 7) is 7.71. The van der Waals surface area contributed by atoms with Gasteiger partial charge in [0.15, 0.2) is 17.3 Å². The summed E-state index contributed by atoms with van der Waals surface area (Å²) in [7, 11) is 1.42. The van der Waals surface area contributed by atoms with Crippen LogP contribution in [0.2, 0.25) is 0 Å². The maximum absolute atomic E-state index is 15.5. The van der Waals surface area contributed by atoms with E-state index in [4.69, 9.17) is 20.0 Å². The lowest BCUT2D eigenvalue weighted by atomic mass is 9.84. The van der Waals surface area contributed by atoms with Crippen molar-refractivity contribution in [1.82, 2.24) is 10.2 Å². The highest BCUT2D eigenvalue weighted by atomic mass is 19.1. The second-order valence-electron chi connectivity index (χ2n) is 11.4. The number of carbonyl (C=O) groups is 3. The number of benzene rings is 2. The Morgan fingerprint density at radius 3 is 2.55 bits per heavy atom. The number of carboxylic acids is 1. The number of aromatic hydroxyl groups is 1. The Bertz CT molecular complexity index is 1440. The fourth-order valence-electron chi connectivity index (χ4n) is 5.33. The maximum Gasteiger partial charge on any atom is 0.329 e. The van der Waals surface area contributed by atoms with Crippen molar-refractivity contribution in [2.45, 2.75) is 52.2 Å². The van der Waals surface area contributed by atoms with Crippen LogP contribution in [0.4, 0.5) is 10.1 Å². The Balaban J connectivity index is 1.63. The lowest BCUT2D eigenvalue weighted by molar-refractivity contribution is -0.143. The lowest BCUT2D eigenvalue weighted by Gasteiger charge is -2.27. The van der Waals surface area contributed by atoms with Crippen molar-refractivity contribution in [3.63, 3.8) is 0 Å². The smallest absolute Gasteiger partial charge is 0.329 e. The van der Waals surface area contributed by atoms with Crippen molar-refractivity contribution in [1.29, 1.82) is 5.41 Å². The summed E-state index contributed by atoms with van der Waals surface area (Å²) in [5.41, 5.74) is 1.16. The normalized spacial score (nSPS) is 16.5. The monoisotopic (exact) mass is 584 g/mol. The molecule has 4 rings (SSSR count). The van der Waals surface area contributed by atoms with Gasteiger partial charge < -0.3 is 34.8 Å². The van der Waals surface area contributed by atoms with E-state index in [1.165, 1.54) is 18.0 Å². The molecule has 11 nitrogen and oxygen atoms in total. The van der Waals surface area contributed by atoms with Gasteiger partial charge in [0.25, 0.3) is 5.91 Å². The Kier molecular flexibility index (Phi) is 8.76. The molecule has 1 fully saturated rings. The van der Waals surface area contributed by atoms with Crippen LogP contribution in [-0.2, 0) is 21.5 Å². The molecule has 0 aromatic heterocycles. The predicted molar refractivity (Wildman–Crippen MR) is 154 cm³/mol. The summed E-state index contributed by atoms with van der Waals surface area (Å²) in [5, 5.41) is 31.3. The van der Waals surface area contributed by atoms with E-state index < -0.39 is 29.7 Å². The molecular weight excluding hydrogens is 547 g/mol. The van der Waals surface area contributed by atoms with Crippen LogP contribution >= 0.6 is 0 Å². The maximum atomic E-state index is 15.5. The first kappa shape index (κ1) is 30.8. The standard InChI is InChI=1S/C30H37FN4O7/c1-6-41-27-19(29(40)33-5)11-18-20(25(27)31)13-35(28(18)32)14-23(36)16-9-21(30(2,3)4)26(39)22(10-16)34-8-7-17(12-34)42-15-24(37)38/h9-11,17,32,39H,6-8,12-15H2,1-5H3,(H,33,40)(H,37,38). The van der Waals surface area contributed by atoms with E-state index in [0.29, 0.717) is 36.3 Å². The molecule has 0 saturated carbocycles. The largest absolute Gasteiger partial charge is 0.505 e. The second kappa shape index (κ2) is 12.0. The molecule has 2 aromatic rings. The number of anilines is 1. The molecule has 2 aromatic carbocycles. The van der Waals surface area contributed by atoms with Crippen molar-refractivity contribution < 1.29 is 38.5 Å². The Hall–Kier alpha value is -4.19. The van der Waals surface area contributed by atoms with E-state index in [0.717, 1.165) is 0 Å². The SMILES string of the molecule is CCOc1c(C(=O)NC)cc2c(c1F)CN(CC(=O)c1cc(N3CCC(OCC(=O)O)C3)c(O)c(C(C)(C)C)c1)C2=N. The van der Waals surface area contributed by atoms with E-state index in [2.05, 4.69) is 5.32 Å². The van der Waals surface area contributed by atoms with Gasteiger partial charge in [-0.3, -0.25) is 15.0 Å². The molecule has 1 amide bonds. The fraction of sp³-hybridized carbons (Fsp3) is 0.467. The number of nitrogens with one attached hydrogen (secondary N) is 2. The van der Waals surface area contributed by atoms with Gasteiger partial charge in [-0.1, -0.05) is 20.8 Å². The zero-order chi connectivity index (χ0) is 30.9. The number of amidine groups is 1. The lowest BCUT2D eigenvalue weighted by Crippen LogP contribution is -2.31. The Morgan fingerprint density at radius 1 is 1.21 bits per heavy atom. The summed E-state index contributed by atoms with van der Waals surface area (Å²) >= 11 is 0. The van der Waals surface area contributed by atoms with Gasteiger partial charge in [0.1, 0.15) is 18.2 Å². The van der Waals surface area contributed by atoms with Gasteiger partial charge in [0, 0.05) is 48.9 Å². The third-order valence-electron chi connectivity index (χ3n) is 7.49. The van der Waals surface area contributed by atoms with E-state index >= 15 is 4.39 Å². The quantitative estimate of drug-likeness (QED) is 0.308. The number of aliphatic carboxylic acids is 1. The van der Waals surface area contributed by atoms with Gasteiger partial charge in [-0.2, -0.15) is 0 Å². The van der Waals surface area contributed by atoms with E-state index in [9.17, 15) is 19.5 Å². The molecule has 2 aliphatic heterocycles. The average molecular weight is 585 g/mol. The molecule has 2 heterocycles. The first-order valence-corrected chi connectivity index (χ1v) is 13.8. The number of amides is 1. The third kappa shape index (κ3) is 6.03. The number of ether oxygens (including phenoxy) is 2. The van der Waals surface area contributed by atoms with E-state index in [1.54, 1.807) is 19.1 Å². The molecule has 1 saturated heterocycles. The van der Waals surface area contributed by atoms with Crippen molar-refractivity contribution in [3.05, 3.63) is 51.8 Å². The fourth-order valence-corrected chi connectivity index (χ4v) is 5.33. The number of carbonyl (C=O) groups excluding carboxylic acids is 2. The minimum Gasteiger partial charge on any atom is -0.505 e. The van der Waals surface area contributed by atoms with Gasteiger partial charge in [-0.25, -0.2) is 9.18 Å². The molecule has 226 valence electrons. The number of ketones is 1. The van der Waals surface area contributed by atoms with Crippen LogP contribution in [0.1, 0.15) is 71.5 Å². The summed E-state index contributed by atoms with van der Waals surface area (Å²) in [4.78, 5) is 40.3. The number of halogens is 1. The van der Waals surface area contributed by atoms with Crippen LogP contribution in [0.25, 0.3) is 0 Å².